The number of nitrogens with one attached hydrogen (secondary N) is 1. The van der Waals surface area contributed by atoms with Crippen LogP contribution in [-0.4, -0.2) is 39.1 Å². The first-order valence-electron chi connectivity index (χ1n) is 7.13. The molecule has 0 aliphatic carbocycles. The Morgan fingerprint density at radius 1 is 1.25 bits per heavy atom. The Hall–Kier alpha value is -2.03. The molecular weight excluding hydrogens is 341 g/mol. The van der Waals surface area contributed by atoms with E-state index in [4.69, 9.17) is 0 Å². The Labute approximate surface area is 141 Å². The summed E-state index contributed by atoms with van der Waals surface area (Å²) in [5.41, 5.74) is 2.95. The zero-order chi connectivity index (χ0) is 17.9. The number of hydrogen-bond acceptors (Lipinski definition) is 4. The van der Waals surface area contributed by atoms with Gasteiger partial charge in [-0.2, -0.15) is 13.2 Å². The lowest BCUT2D eigenvalue weighted by Crippen LogP contribution is -2.34. The zero-order valence-corrected chi connectivity index (χ0v) is 14.3. The lowest BCUT2D eigenvalue weighted by molar-refractivity contribution is -0.136. The van der Waals surface area contributed by atoms with Crippen molar-refractivity contribution in [1.29, 1.82) is 0 Å². The molecule has 0 unspecified atom stereocenters. The van der Waals surface area contributed by atoms with Crippen molar-refractivity contribution in [3.63, 3.8) is 0 Å². The molecule has 1 N–H and O–H groups in total. The smallest absolute Gasteiger partial charge is 0.346 e. The topological polar surface area (TPSA) is 59.8 Å². The van der Waals surface area contributed by atoms with E-state index in [0.717, 1.165) is 28.6 Å². The summed E-state index contributed by atoms with van der Waals surface area (Å²) in [7, 11) is 0. The molecule has 5 nitrogen and oxygen atoms in total. The highest BCUT2D eigenvalue weighted by molar-refractivity contribution is 7.99. The number of alkyl halides is 3. The molecule has 0 aliphatic heterocycles. The Morgan fingerprint density at radius 2 is 1.96 bits per heavy atom. The van der Waals surface area contributed by atoms with Gasteiger partial charge < -0.3 is 5.32 Å². The number of nitrogens with zero attached hydrogens (tertiary/aromatic N) is 3. The number of carbonyl (C=O) groups is 1. The predicted octanol–water partition coefficient (Wildman–Crippen LogP) is 2.96. The normalized spacial score (nSPS) is 11.6. The molecular formula is C15H17F3N4OS. The van der Waals surface area contributed by atoms with Gasteiger partial charge in [0.25, 0.3) is 0 Å². The maximum Gasteiger partial charge on any atom is 0.405 e. The highest BCUT2D eigenvalue weighted by atomic mass is 32.2. The number of halogens is 3. The van der Waals surface area contributed by atoms with Gasteiger partial charge in [-0.3, -0.25) is 9.36 Å². The van der Waals surface area contributed by atoms with E-state index in [-0.39, 0.29) is 5.75 Å². The average Bonchev–Trinajstić information content (AvgIpc) is 2.85. The number of aromatic nitrogens is 3. The first kappa shape index (κ1) is 18.3. The van der Waals surface area contributed by atoms with Crippen LogP contribution in [0.2, 0.25) is 0 Å². The molecule has 0 bridgehead atoms. The third kappa shape index (κ3) is 4.73. The maximum atomic E-state index is 12.1. The number of aryl methyl sites for hydroxylation is 3. The largest absolute Gasteiger partial charge is 0.405 e. The first-order chi connectivity index (χ1) is 11.2. The van der Waals surface area contributed by atoms with Crippen LogP contribution >= 0.6 is 11.8 Å². The molecule has 0 fully saturated rings. The van der Waals surface area contributed by atoms with Crippen molar-refractivity contribution in [2.45, 2.75) is 32.1 Å². The van der Waals surface area contributed by atoms with Gasteiger partial charge in [0.15, 0.2) is 5.16 Å². The summed E-state index contributed by atoms with van der Waals surface area (Å²) >= 11 is 1.05. The van der Waals surface area contributed by atoms with Crippen LogP contribution in [-0.2, 0) is 4.79 Å². The molecule has 0 radical (unpaired) electrons. The van der Waals surface area contributed by atoms with Crippen LogP contribution in [0.25, 0.3) is 5.69 Å². The minimum Gasteiger partial charge on any atom is -0.346 e. The molecule has 1 aromatic carbocycles. The quantitative estimate of drug-likeness (QED) is 0.835. The molecule has 1 aromatic heterocycles. The van der Waals surface area contributed by atoms with Crippen LogP contribution in [0.3, 0.4) is 0 Å². The first-order valence-corrected chi connectivity index (χ1v) is 8.12. The summed E-state index contributed by atoms with van der Waals surface area (Å²) in [6.07, 6.45) is -4.42. The van der Waals surface area contributed by atoms with Crippen molar-refractivity contribution in [3.05, 3.63) is 35.2 Å². The van der Waals surface area contributed by atoms with Gasteiger partial charge in [0.2, 0.25) is 5.91 Å². The molecule has 0 saturated heterocycles. The van der Waals surface area contributed by atoms with Crippen LogP contribution in [0.5, 0.6) is 0 Å². The molecule has 0 spiro atoms. The van der Waals surface area contributed by atoms with E-state index in [2.05, 4.69) is 10.2 Å². The van der Waals surface area contributed by atoms with Gasteiger partial charge in [-0.25, -0.2) is 0 Å². The van der Waals surface area contributed by atoms with E-state index in [1.165, 1.54) is 0 Å². The van der Waals surface area contributed by atoms with E-state index < -0.39 is 18.6 Å². The molecule has 9 heteroatoms. The van der Waals surface area contributed by atoms with Crippen molar-refractivity contribution in [2.24, 2.45) is 0 Å². The van der Waals surface area contributed by atoms with Crippen LogP contribution in [0.1, 0.15) is 17.0 Å². The van der Waals surface area contributed by atoms with E-state index >= 15 is 0 Å². The van der Waals surface area contributed by atoms with Crippen molar-refractivity contribution in [1.82, 2.24) is 20.1 Å². The van der Waals surface area contributed by atoms with E-state index in [9.17, 15) is 18.0 Å². The number of thioether (sulfide) groups is 1. The summed E-state index contributed by atoms with van der Waals surface area (Å²) in [5.74, 6) is -0.230. The SMILES string of the molecule is Cc1ccc(C)c(-n2c(C)nnc2SCC(=O)NCC(F)(F)F)c1. The van der Waals surface area contributed by atoms with Gasteiger partial charge in [-0.05, 0) is 38.0 Å². The lowest BCUT2D eigenvalue weighted by atomic mass is 10.1. The third-order valence-electron chi connectivity index (χ3n) is 3.22. The highest BCUT2D eigenvalue weighted by Crippen LogP contribution is 2.24. The summed E-state index contributed by atoms with van der Waals surface area (Å²) in [6, 6.07) is 5.92. The second-order valence-corrected chi connectivity index (χ2v) is 6.28. The molecule has 1 heterocycles. The van der Waals surface area contributed by atoms with Crippen LogP contribution in [0.15, 0.2) is 23.4 Å². The molecule has 24 heavy (non-hydrogen) atoms. The van der Waals surface area contributed by atoms with Gasteiger partial charge in [-0.1, -0.05) is 23.9 Å². The van der Waals surface area contributed by atoms with Crippen LogP contribution < -0.4 is 5.32 Å². The van der Waals surface area contributed by atoms with Gasteiger partial charge in [0.05, 0.1) is 11.4 Å². The minimum atomic E-state index is -4.42. The van der Waals surface area contributed by atoms with E-state index in [1.54, 1.807) is 11.5 Å². The van der Waals surface area contributed by atoms with Gasteiger partial charge in [-0.15, -0.1) is 10.2 Å². The minimum absolute atomic E-state index is 0.168. The lowest BCUT2D eigenvalue weighted by Gasteiger charge is -2.12. The Balaban J connectivity index is 2.13. The van der Waals surface area contributed by atoms with E-state index in [0.29, 0.717) is 11.0 Å². The molecule has 2 rings (SSSR count). The van der Waals surface area contributed by atoms with Crippen molar-refractivity contribution in [3.8, 4) is 5.69 Å². The third-order valence-corrected chi connectivity index (χ3v) is 4.15. The summed E-state index contributed by atoms with van der Waals surface area (Å²) in [4.78, 5) is 11.5. The molecule has 0 aliphatic rings. The highest BCUT2D eigenvalue weighted by Gasteiger charge is 2.27. The van der Waals surface area contributed by atoms with Crippen molar-refractivity contribution in [2.75, 3.05) is 12.3 Å². The van der Waals surface area contributed by atoms with Gasteiger partial charge in [0.1, 0.15) is 12.4 Å². The monoisotopic (exact) mass is 358 g/mol. The number of hydrogen-bond donors (Lipinski definition) is 1. The summed E-state index contributed by atoms with van der Waals surface area (Å²) in [6.45, 7) is 4.34. The van der Waals surface area contributed by atoms with Crippen molar-refractivity contribution >= 4 is 17.7 Å². The molecule has 2 aromatic rings. The maximum absolute atomic E-state index is 12.1. The molecule has 130 valence electrons. The number of amides is 1. The second kappa shape index (κ2) is 7.25. The van der Waals surface area contributed by atoms with Crippen LogP contribution in [0.4, 0.5) is 13.2 Å². The fraction of sp³-hybridized carbons (Fsp3) is 0.400. The fourth-order valence-corrected chi connectivity index (χ4v) is 2.87. The molecule has 0 atom stereocenters. The Kier molecular flexibility index (Phi) is 5.53. The van der Waals surface area contributed by atoms with Crippen molar-refractivity contribution < 1.29 is 18.0 Å². The molecule has 1 amide bonds. The average molecular weight is 358 g/mol. The summed E-state index contributed by atoms with van der Waals surface area (Å²) in [5, 5.41) is 10.3. The van der Waals surface area contributed by atoms with E-state index in [1.807, 2.05) is 37.4 Å². The Bertz CT molecular complexity index is 743. The fourth-order valence-electron chi connectivity index (χ4n) is 2.05. The number of rotatable bonds is 5. The molecule has 0 saturated carbocycles. The second-order valence-electron chi connectivity index (χ2n) is 5.34. The predicted molar refractivity (Wildman–Crippen MR) is 85.4 cm³/mol. The van der Waals surface area contributed by atoms with Gasteiger partial charge >= 0.3 is 6.18 Å². The number of benzene rings is 1. The summed E-state index contributed by atoms with van der Waals surface area (Å²) < 4.78 is 38.1. The standard InChI is InChI=1S/C15H17F3N4OS/c1-9-4-5-10(2)12(6-9)22-11(3)20-21-14(22)24-7-13(23)19-8-15(16,17)18/h4-6H,7-8H2,1-3H3,(H,19,23). The number of carbonyl (C=O) groups excluding carboxylic acids is 1. The zero-order valence-electron chi connectivity index (χ0n) is 13.4. The van der Waals surface area contributed by atoms with Crippen LogP contribution in [0, 0.1) is 20.8 Å². The van der Waals surface area contributed by atoms with Gasteiger partial charge in [0, 0.05) is 0 Å². The Morgan fingerprint density at radius 3 is 2.62 bits per heavy atom.